The minimum atomic E-state index is -0.468. The van der Waals surface area contributed by atoms with Gasteiger partial charge in [-0.15, -0.1) is 11.8 Å². The van der Waals surface area contributed by atoms with E-state index >= 15 is 0 Å². The van der Waals surface area contributed by atoms with Gasteiger partial charge in [-0.2, -0.15) is 0 Å². The minimum Gasteiger partial charge on any atom is -0.393 e. The zero-order valence-corrected chi connectivity index (χ0v) is 10.1. The molecule has 1 aromatic carbocycles. The molecule has 1 unspecified atom stereocenters. The van der Waals surface area contributed by atoms with Crippen molar-refractivity contribution in [3.8, 4) is 0 Å². The van der Waals surface area contributed by atoms with Crippen molar-refractivity contribution in [2.45, 2.75) is 23.8 Å². The molecular formula is C11H14N2O3S. The Bertz CT molecular complexity index is 419. The number of rotatable bonds is 4. The van der Waals surface area contributed by atoms with E-state index in [1.807, 2.05) is 0 Å². The summed E-state index contributed by atoms with van der Waals surface area (Å²) in [6.07, 6.45) is 2.51. The lowest BCUT2D eigenvalue weighted by Gasteiger charge is -2.08. The Morgan fingerprint density at radius 1 is 1.59 bits per heavy atom. The molecule has 92 valence electrons. The van der Waals surface area contributed by atoms with Gasteiger partial charge >= 0.3 is 0 Å². The molecule has 5 nitrogen and oxygen atoms in total. The summed E-state index contributed by atoms with van der Waals surface area (Å²) in [5, 5.41) is 10.6. The molecule has 0 bridgehead atoms. The molecule has 17 heavy (non-hydrogen) atoms. The monoisotopic (exact) mass is 254 g/mol. The van der Waals surface area contributed by atoms with Crippen molar-refractivity contribution in [3.05, 3.63) is 28.3 Å². The van der Waals surface area contributed by atoms with Crippen LogP contribution < -0.4 is 5.73 Å². The molecule has 1 fully saturated rings. The van der Waals surface area contributed by atoms with Gasteiger partial charge in [0.25, 0.3) is 5.69 Å². The van der Waals surface area contributed by atoms with E-state index in [9.17, 15) is 10.1 Å². The summed E-state index contributed by atoms with van der Waals surface area (Å²) in [5.74, 6) is 0.872. The molecule has 1 aliphatic rings. The Labute approximate surface area is 103 Å². The molecule has 2 N–H and O–H groups in total. The highest BCUT2D eigenvalue weighted by atomic mass is 32.2. The molecule has 1 aliphatic heterocycles. The number of ether oxygens (including phenoxy) is 1. The fraction of sp³-hybridized carbons (Fsp3) is 0.455. The van der Waals surface area contributed by atoms with Crippen molar-refractivity contribution in [3.63, 3.8) is 0 Å². The van der Waals surface area contributed by atoms with E-state index in [-0.39, 0.29) is 11.4 Å². The summed E-state index contributed by atoms with van der Waals surface area (Å²) < 4.78 is 5.51. The highest BCUT2D eigenvalue weighted by Crippen LogP contribution is 2.29. The molecule has 6 heteroatoms. The van der Waals surface area contributed by atoms with Gasteiger partial charge in [-0.3, -0.25) is 10.1 Å². The second-order valence-corrected chi connectivity index (χ2v) is 5.02. The van der Waals surface area contributed by atoms with Crippen molar-refractivity contribution >= 4 is 23.1 Å². The first kappa shape index (κ1) is 12.2. The topological polar surface area (TPSA) is 78.4 Å². The van der Waals surface area contributed by atoms with Crippen molar-refractivity contribution in [1.82, 2.24) is 0 Å². The largest absolute Gasteiger partial charge is 0.393 e. The third kappa shape index (κ3) is 3.10. The number of nitro benzene ring substituents is 1. The first-order chi connectivity index (χ1) is 8.16. The first-order valence-electron chi connectivity index (χ1n) is 5.45. The quantitative estimate of drug-likeness (QED) is 0.386. The lowest BCUT2D eigenvalue weighted by atomic mass is 10.3. The number of anilines is 1. The predicted octanol–water partition coefficient (Wildman–Crippen LogP) is 2.45. The summed E-state index contributed by atoms with van der Waals surface area (Å²) >= 11 is 1.62. The van der Waals surface area contributed by atoms with Crippen LogP contribution in [0.1, 0.15) is 12.8 Å². The van der Waals surface area contributed by atoms with Crippen LogP contribution in [0.25, 0.3) is 0 Å². The van der Waals surface area contributed by atoms with E-state index in [2.05, 4.69) is 0 Å². The zero-order chi connectivity index (χ0) is 12.3. The molecule has 0 aliphatic carbocycles. The molecule has 0 aromatic heterocycles. The highest BCUT2D eigenvalue weighted by Gasteiger charge is 2.16. The third-order valence-corrected chi connectivity index (χ3v) is 3.78. The van der Waals surface area contributed by atoms with Gasteiger partial charge in [0, 0.05) is 23.3 Å². The number of nitro groups is 1. The van der Waals surface area contributed by atoms with E-state index in [1.165, 1.54) is 6.07 Å². The molecule has 0 amide bonds. The van der Waals surface area contributed by atoms with Gasteiger partial charge in [0.2, 0.25) is 0 Å². The smallest absolute Gasteiger partial charge is 0.292 e. The number of nitrogens with zero attached hydrogens (tertiary/aromatic N) is 1. The normalized spacial score (nSPS) is 19.4. The van der Waals surface area contributed by atoms with Gasteiger partial charge < -0.3 is 10.5 Å². The first-order valence-corrected chi connectivity index (χ1v) is 6.43. The second-order valence-electron chi connectivity index (χ2n) is 3.92. The van der Waals surface area contributed by atoms with Crippen LogP contribution in [0.5, 0.6) is 0 Å². The summed E-state index contributed by atoms with van der Waals surface area (Å²) in [4.78, 5) is 11.1. The standard InChI is InChI=1S/C11H14N2O3S/c12-10-6-9(3-4-11(10)13(14)15)17-7-8-2-1-5-16-8/h3-4,6,8H,1-2,5,7,12H2. The third-order valence-electron chi connectivity index (χ3n) is 2.66. The second kappa shape index (κ2) is 5.37. The maximum Gasteiger partial charge on any atom is 0.292 e. The summed E-state index contributed by atoms with van der Waals surface area (Å²) in [6.45, 7) is 0.841. The average molecular weight is 254 g/mol. The predicted molar refractivity (Wildman–Crippen MR) is 67.2 cm³/mol. The SMILES string of the molecule is Nc1cc(SCC2CCCO2)ccc1[N+](=O)[O-]. The van der Waals surface area contributed by atoms with Crippen LogP contribution in [0.2, 0.25) is 0 Å². The number of benzene rings is 1. The fourth-order valence-corrected chi connectivity index (χ4v) is 2.77. The number of hydrogen-bond donors (Lipinski definition) is 1. The minimum absolute atomic E-state index is 0.0357. The van der Waals surface area contributed by atoms with Crippen LogP contribution in [0.4, 0.5) is 11.4 Å². The lowest BCUT2D eigenvalue weighted by Crippen LogP contribution is -2.07. The van der Waals surface area contributed by atoms with E-state index in [4.69, 9.17) is 10.5 Å². The van der Waals surface area contributed by atoms with Crippen molar-refractivity contribution in [2.75, 3.05) is 18.1 Å². The van der Waals surface area contributed by atoms with E-state index in [1.54, 1.807) is 23.9 Å². The summed E-state index contributed by atoms with van der Waals surface area (Å²) in [6, 6.07) is 4.83. The van der Waals surface area contributed by atoms with Gasteiger partial charge in [-0.05, 0) is 25.0 Å². The Morgan fingerprint density at radius 2 is 2.41 bits per heavy atom. The Kier molecular flexibility index (Phi) is 3.86. The summed E-state index contributed by atoms with van der Waals surface area (Å²) in [5.41, 5.74) is 5.80. The van der Waals surface area contributed by atoms with Gasteiger partial charge in [-0.1, -0.05) is 0 Å². The number of nitrogen functional groups attached to an aromatic ring is 1. The molecule has 0 spiro atoms. The summed E-state index contributed by atoms with van der Waals surface area (Å²) in [7, 11) is 0. The maximum absolute atomic E-state index is 10.6. The molecule has 1 atom stereocenters. The van der Waals surface area contributed by atoms with Crippen LogP contribution in [-0.2, 0) is 4.74 Å². The van der Waals surface area contributed by atoms with E-state index < -0.39 is 4.92 Å². The van der Waals surface area contributed by atoms with Crippen LogP contribution in [-0.4, -0.2) is 23.4 Å². The lowest BCUT2D eigenvalue weighted by molar-refractivity contribution is -0.383. The van der Waals surface area contributed by atoms with Crippen molar-refractivity contribution in [1.29, 1.82) is 0 Å². The van der Waals surface area contributed by atoms with Crippen LogP contribution in [0.3, 0.4) is 0 Å². The van der Waals surface area contributed by atoms with Crippen molar-refractivity contribution in [2.24, 2.45) is 0 Å². The molecule has 1 heterocycles. The van der Waals surface area contributed by atoms with Crippen LogP contribution >= 0.6 is 11.8 Å². The number of nitrogens with two attached hydrogens (primary N) is 1. The Balaban J connectivity index is 1.97. The molecule has 1 saturated heterocycles. The van der Waals surface area contributed by atoms with E-state index in [0.29, 0.717) is 6.10 Å². The zero-order valence-electron chi connectivity index (χ0n) is 9.30. The van der Waals surface area contributed by atoms with Crippen LogP contribution in [0, 0.1) is 10.1 Å². The molecular weight excluding hydrogens is 240 g/mol. The van der Waals surface area contributed by atoms with Gasteiger partial charge in [0.05, 0.1) is 11.0 Å². The Morgan fingerprint density at radius 3 is 3.00 bits per heavy atom. The number of thioether (sulfide) groups is 1. The average Bonchev–Trinajstić information content (AvgIpc) is 2.78. The Hall–Kier alpha value is -1.27. The van der Waals surface area contributed by atoms with Gasteiger partial charge in [-0.25, -0.2) is 0 Å². The molecule has 2 rings (SSSR count). The molecule has 1 aromatic rings. The molecule has 0 radical (unpaired) electrons. The molecule has 0 saturated carbocycles. The fourth-order valence-electron chi connectivity index (χ4n) is 1.75. The highest BCUT2D eigenvalue weighted by molar-refractivity contribution is 7.99. The van der Waals surface area contributed by atoms with Gasteiger partial charge in [0.1, 0.15) is 5.69 Å². The van der Waals surface area contributed by atoms with Gasteiger partial charge in [0.15, 0.2) is 0 Å². The van der Waals surface area contributed by atoms with Crippen LogP contribution in [0.15, 0.2) is 23.1 Å². The maximum atomic E-state index is 10.6. The number of hydrogen-bond acceptors (Lipinski definition) is 5. The van der Waals surface area contributed by atoms with E-state index in [0.717, 1.165) is 30.1 Å². The van der Waals surface area contributed by atoms with Crippen molar-refractivity contribution < 1.29 is 9.66 Å².